The number of nitro groups is 2. The first-order chi connectivity index (χ1) is 14.1. The van der Waals surface area contributed by atoms with Crippen LogP contribution in [0.2, 0.25) is 0 Å². The third kappa shape index (κ3) is 2.94. The molecule has 2 unspecified atom stereocenters. The molecule has 0 aliphatic heterocycles. The van der Waals surface area contributed by atoms with Crippen LogP contribution in [-0.4, -0.2) is 32.0 Å². The van der Waals surface area contributed by atoms with Crippen LogP contribution in [0.5, 0.6) is 0 Å². The highest BCUT2D eigenvalue weighted by Crippen LogP contribution is 2.45. The highest BCUT2D eigenvalue weighted by Gasteiger charge is 2.66. The van der Waals surface area contributed by atoms with Crippen LogP contribution in [0.1, 0.15) is 11.1 Å². The average molecular weight is 410 g/mol. The quantitative estimate of drug-likeness (QED) is 0.500. The number of non-ortho nitro benzene ring substituents is 2. The van der Waals surface area contributed by atoms with Gasteiger partial charge in [0.05, 0.1) is 22.0 Å². The number of hydrogen-bond donors (Lipinski definition) is 2. The van der Waals surface area contributed by atoms with Gasteiger partial charge < -0.3 is 10.2 Å². The normalized spacial score (nSPS) is 14.2. The second-order valence-corrected chi connectivity index (χ2v) is 5.94. The maximum atomic E-state index is 12.3. The molecule has 0 bridgehead atoms. The van der Waals surface area contributed by atoms with Crippen molar-refractivity contribution in [1.82, 2.24) is 0 Å². The summed E-state index contributed by atoms with van der Waals surface area (Å²) >= 11 is 0. The number of hydrogen-bond acceptors (Lipinski definition) is 8. The van der Waals surface area contributed by atoms with E-state index in [2.05, 4.69) is 0 Å². The Morgan fingerprint density at radius 1 is 0.733 bits per heavy atom. The second-order valence-electron chi connectivity index (χ2n) is 5.94. The number of nitriles is 2. The minimum atomic E-state index is -3.04. The van der Waals surface area contributed by atoms with Crippen LogP contribution in [0, 0.1) is 42.9 Å². The van der Waals surface area contributed by atoms with E-state index >= 15 is 0 Å². The Balaban J connectivity index is 2.92. The van der Waals surface area contributed by atoms with Gasteiger partial charge in [0.2, 0.25) is 10.8 Å². The van der Waals surface area contributed by atoms with E-state index in [1.807, 2.05) is 0 Å². The summed E-state index contributed by atoms with van der Waals surface area (Å²) < 4.78 is 0. The molecule has 30 heavy (non-hydrogen) atoms. The van der Waals surface area contributed by atoms with Gasteiger partial charge in [-0.2, -0.15) is 10.5 Å². The van der Waals surface area contributed by atoms with Gasteiger partial charge >= 0.3 is 11.9 Å². The predicted molar refractivity (Wildman–Crippen MR) is 96.0 cm³/mol. The number of carbonyl (C=O) groups is 2. The highest BCUT2D eigenvalue weighted by atomic mass is 16.6. The molecule has 0 aliphatic rings. The van der Waals surface area contributed by atoms with Crippen LogP contribution < -0.4 is 0 Å². The van der Waals surface area contributed by atoms with Gasteiger partial charge in [-0.3, -0.25) is 29.8 Å². The molecule has 2 N–H and O–H groups in total. The number of carboxylic acid groups (broad SMARTS) is 2. The molecule has 0 aromatic heterocycles. The van der Waals surface area contributed by atoms with Crippen molar-refractivity contribution in [3.63, 3.8) is 0 Å². The SMILES string of the molecule is N#CC(C(=O)O)(c1ccc([N+](=O)[O-])cc1)C(C#N)(C(=O)O)c1ccc([N+](=O)[O-])cc1. The number of benzene rings is 2. The zero-order valence-corrected chi connectivity index (χ0v) is 14.8. The fourth-order valence-corrected chi connectivity index (χ4v) is 3.06. The van der Waals surface area contributed by atoms with E-state index in [4.69, 9.17) is 0 Å². The molecule has 0 heterocycles. The Bertz CT molecular complexity index is 1040. The molecule has 0 aliphatic carbocycles. The van der Waals surface area contributed by atoms with Gasteiger partial charge in [-0.1, -0.05) is 0 Å². The van der Waals surface area contributed by atoms with Gasteiger partial charge in [0, 0.05) is 24.3 Å². The van der Waals surface area contributed by atoms with Crippen LogP contribution in [0.4, 0.5) is 11.4 Å². The van der Waals surface area contributed by atoms with Gasteiger partial charge in [-0.05, 0) is 35.4 Å². The lowest BCUT2D eigenvalue weighted by Gasteiger charge is -2.35. The van der Waals surface area contributed by atoms with E-state index < -0.39 is 55.1 Å². The summed E-state index contributed by atoms with van der Waals surface area (Å²) in [7, 11) is 0. The molecule has 0 spiro atoms. The van der Waals surface area contributed by atoms with Crippen LogP contribution in [-0.2, 0) is 20.4 Å². The van der Waals surface area contributed by atoms with Gasteiger partial charge in [0.15, 0.2) is 0 Å². The Kier molecular flexibility index (Phi) is 5.47. The Labute approximate surface area is 167 Å². The van der Waals surface area contributed by atoms with Crippen LogP contribution in [0.25, 0.3) is 0 Å². The minimum absolute atomic E-state index is 0.454. The van der Waals surface area contributed by atoms with Gasteiger partial charge in [-0.25, -0.2) is 0 Å². The fourth-order valence-electron chi connectivity index (χ4n) is 3.06. The van der Waals surface area contributed by atoms with E-state index in [0.29, 0.717) is 0 Å². The van der Waals surface area contributed by atoms with Crippen molar-refractivity contribution in [1.29, 1.82) is 10.5 Å². The van der Waals surface area contributed by atoms with E-state index in [9.17, 15) is 50.6 Å². The van der Waals surface area contributed by atoms with Crippen molar-refractivity contribution in [3.8, 4) is 12.1 Å². The van der Waals surface area contributed by atoms with Crippen molar-refractivity contribution in [2.75, 3.05) is 0 Å². The number of rotatable bonds is 7. The van der Waals surface area contributed by atoms with Crippen molar-refractivity contribution in [2.45, 2.75) is 10.8 Å². The Hall–Kier alpha value is -4.84. The number of nitrogens with zero attached hydrogens (tertiary/aromatic N) is 4. The van der Waals surface area contributed by atoms with Crippen molar-refractivity contribution < 1.29 is 29.6 Å². The van der Waals surface area contributed by atoms with Crippen LogP contribution >= 0.6 is 0 Å². The molecule has 2 aromatic rings. The Morgan fingerprint density at radius 2 is 1.00 bits per heavy atom. The molecule has 0 amide bonds. The summed E-state index contributed by atoms with van der Waals surface area (Å²) in [6.45, 7) is 0. The zero-order valence-electron chi connectivity index (χ0n) is 14.8. The summed E-state index contributed by atoms with van der Waals surface area (Å²) in [6.07, 6.45) is 0. The summed E-state index contributed by atoms with van der Waals surface area (Å²) in [4.78, 5) is 44.6. The predicted octanol–water partition coefficient (Wildman–Crippen LogP) is 1.90. The van der Waals surface area contributed by atoms with Crippen molar-refractivity contribution >= 4 is 23.3 Å². The van der Waals surface area contributed by atoms with E-state index in [-0.39, 0.29) is 0 Å². The smallest absolute Gasteiger partial charge is 0.331 e. The van der Waals surface area contributed by atoms with E-state index in [0.717, 1.165) is 48.5 Å². The highest BCUT2D eigenvalue weighted by molar-refractivity contribution is 6.00. The average Bonchev–Trinajstić information content (AvgIpc) is 2.71. The molecular formula is C18H10N4O8. The molecule has 0 radical (unpaired) electrons. The zero-order chi connectivity index (χ0) is 22.7. The lowest BCUT2D eigenvalue weighted by atomic mass is 9.58. The molecule has 150 valence electrons. The molecule has 0 saturated carbocycles. The first-order valence-corrected chi connectivity index (χ1v) is 7.87. The van der Waals surface area contributed by atoms with Crippen LogP contribution in [0.15, 0.2) is 48.5 Å². The largest absolute Gasteiger partial charge is 0.480 e. The third-order valence-corrected chi connectivity index (χ3v) is 4.56. The monoisotopic (exact) mass is 410 g/mol. The third-order valence-electron chi connectivity index (χ3n) is 4.56. The van der Waals surface area contributed by atoms with Crippen molar-refractivity contribution in [3.05, 3.63) is 79.9 Å². The maximum absolute atomic E-state index is 12.3. The molecule has 2 aromatic carbocycles. The van der Waals surface area contributed by atoms with Crippen LogP contribution in [0.3, 0.4) is 0 Å². The van der Waals surface area contributed by atoms with Gasteiger partial charge in [-0.15, -0.1) is 0 Å². The van der Waals surface area contributed by atoms with Crippen molar-refractivity contribution in [2.24, 2.45) is 0 Å². The summed E-state index contributed by atoms with van der Waals surface area (Å²) in [5.74, 6) is -4.00. The molecule has 12 heteroatoms. The number of aliphatic carboxylic acids is 2. The summed E-state index contributed by atoms with van der Waals surface area (Å²) in [6, 6.07) is 9.71. The number of nitro benzene ring substituents is 2. The first-order valence-electron chi connectivity index (χ1n) is 7.87. The summed E-state index contributed by atoms with van der Waals surface area (Å²) in [5, 5.41) is 61.1. The number of carboxylic acids is 2. The van der Waals surface area contributed by atoms with E-state index in [1.54, 1.807) is 0 Å². The molecule has 2 rings (SSSR count). The van der Waals surface area contributed by atoms with Gasteiger partial charge in [0.1, 0.15) is 0 Å². The Morgan fingerprint density at radius 3 is 1.17 bits per heavy atom. The molecular weight excluding hydrogens is 400 g/mol. The second kappa shape index (κ2) is 7.65. The topological polar surface area (TPSA) is 208 Å². The van der Waals surface area contributed by atoms with E-state index in [1.165, 1.54) is 12.1 Å². The maximum Gasteiger partial charge on any atom is 0.331 e. The molecule has 0 fully saturated rings. The fraction of sp³-hybridized carbons (Fsp3) is 0.111. The lowest BCUT2D eigenvalue weighted by Crippen LogP contribution is -2.57. The lowest BCUT2D eigenvalue weighted by molar-refractivity contribution is -0.385. The molecule has 0 saturated heterocycles. The standard InChI is InChI=1S/C18H10N4O8/c19-9-17(15(23)24,11-1-5-13(6-2-11)21(27)28)18(10-20,16(25)26)12-3-7-14(8-4-12)22(29)30/h1-8H,(H,23,24)(H,25,26). The minimum Gasteiger partial charge on any atom is -0.480 e. The molecule has 2 atom stereocenters. The first kappa shape index (κ1) is 21.5. The molecule has 12 nitrogen and oxygen atoms in total. The van der Waals surface area contributed by atoms with Gasteiger partial charge in [0.25, 0.3) is 11.4 Å². The summed E-state index contributed by atoms with van der Waals surface area (Å²) in [5.41, 5.74) is -7.98.